The van der Waals surface area contributed by atoms with E-state index in [0.29, 0.717) is 10.4 Å². The smallest absolute Gasteiger partial charge is 0.251 e. The van der Waals surface area contributed by atoms with Gasteiger partial charge in [0.1, 0.15) is 11.1 Å². The van der Waals surface area contributed by atoms with Gasteiger partial charge < -0.3 is 5.32 Å². The van der Waals surface area contributed by atoms with Crippen LogP contribution in [0.3, 0.4) is 0 Å². The monoisotopic (exact) mass is 417 g/mol. The van der Waals surface area contributed by atoms with Gasteiger partial charge in [-0.15, -0.1) is 11.3 Å². The van der Waals surface area contributed by atoms with Crippen molar-refractivity contribution in [1.82, 2.24) is 5.32 Å². The number of amides is 1. The molecule has 4 nitrogen and oxygen atoms in total. The standard InChI is InChI=1S/C21H20FNO3S2/c1-14-5-6-16(12-15(14)2)21(24)23-13-20(19-4-3-11-27-19)28(25,26)18-9-7-17(22)8-10-18/h3-12,20H,13H2,1-2H3,(H,23,24). The number of halogens is 1. The highest BCUT2D eigenvalue weighted by atomic mass is 32.2. The van der Waals surface area contributed by atoms with E-state index in [0.717, 1.165) is 23.3 Å². The maximum Gasteiger partial charge on any atom is 0.251 e. The number of carbonyl (C=O) groups is 1. The van der Waals surface area contributed by atoms with Crippen molar-refractivity contribution in [3.05, 3.63) is 87.4 Å². The number of rotatable bonds is 6. The fourth-order valence-electron chi connectivity index (χ4n) is 2.80. The Morgan fingerprint density at radius 1 is 1.07 bits per heavy atom. The first-order valence-corrected chi connectivity index (χ1v) is 11.1. The summed E-state index contributed by atoms with van der Waals surface area (Å²) in [4.78, 5) is 13.2. The number of carbonyl (C=O) groups excluding carboxylic acids is 1. The van der Waals surface area contributed by atoms with E-state index in [-0.39, 0.29) is 17.3 Å². The van der Waals surface area contributed by atoms with Crippen molar-refractivity contribution >= 4 is 27.1 Å². The molecular weight excluding hydrogens is 397 g/mol. The van der Waals surface area contributed by atoms with Crippen molar-refractivity contribution in [2.24, 2.45) is 0 Å². The summed E-state index contributed by atoms with van der Waals surface area (Å²) in [6.07, 6.45) is 0. The van der Waals surface area contributed by atoms with Crippen LogP contribution in [0, 0.1) is 19.7 Å². The van der Waals surface area contributed by atoms with Crippen molar-refractivity contribution in [3.63, 3.8) is 0 Å². The van der Waals surface area contributed by atoms with Gasteiger partial charge in [-0.05, 0) is 72.8 Å². The quantitative estimate of drug-likeness (QED) is 0.603. The average Bonchev–Trinajstić information content (AvgIpc) is 3.18. The molecule has 0 aliphatic rings. The third-order valence-corrected chi connectivity index (χ3v) is 7.83. The van der Waals surface area contributed by atoms with Crippen LogP contribution in [0.2, 0.25) is 0 Å². The molecule has 0 bridgehead atoms. The molecule has 0 saturated heterocycles. The molecule has 0 aliphatic carbocycles. The van der Waals surface area contributed by atoms with Gasteiger partial charge in [-0.3, -0.25) is 4.79 Å². The van der Waals surface area contributed by atoms with Crippen LogP contribution < -0.4 is 5.32 Å². The molecule has 146 valence electrons. The van der Waals surface area contributed by atoms with Crippen molar-refractivity contribution in [1.29, 1.82) is 0 Å². The largest absolute Gasteiger partial charge is 0.350 e. The summed E-state index contributed by atoms with van der Waals surface area (Å²) in [7, 11) is -3.80. The minimum absolute atomic E-state index is 0.0210. The Morgan fingerprint density at radius 3 is 2.39 bits per heavy atom. The molecule has 0 aliphatic heterocycles. The van der Waals surface area contributed by atoms with E-state index in [1.807, 2.05) is 19.9 Å². The minimum atomic E-state index is -3.80. The molecule has 28 heavy (non-hydrogen) atoms. The van der Waals surface area contributed by atoms with Crippen LogP contribution in [0.5, 0.6) is 0 Å². The van der Waals surface area contributed by atoms with E-state index in [1.54, 1.807) is 29.6 Å². The third-order valence-electron chi connectivity index (χ3n) is 4.59. The Hall–Kier alpha value is -2.51. The molecule has 3 aromatic rings. The first kappa shape index (κ1) is 20.2. The lowest BCUT2D eigenvalue weighted by molar-refractivity contribution is 0.0953. The van der Waals surface area contributed by atoms with Gasteiger partial charge in [0.05, 0.1) is 4.90 Å². The van der Waals surface area contributed by atoms with Gasteiger partial charge in [0.2, 0.25) is 0 Å². The van der Waals surface area contributed by atoms with Crippen molar-refractivity contribution in [3.8, 4) is 0 Å². The van der Waals surface area contributed by atoms with E-state index >= 15 is 0 Å². The van der Waals surface area contributed by atoms with Gasteiger partial charge in [0.15, 0.2) is 9.84 Å². The van der Waals surface area contributed by atoms with Crippen LogP contribution in [0.4, 0.5) is 4.39 Å². The number of hydrogen-bond donors (Lipinski definition) is 1. The molecule has 0 radical (unpaired) electrons. The minimum Gasteiger partial charge on any atom is -0.350 e. The second-order valence-electron chi connectivity index (χ2n) is 6.51. The summed E-state index contributed by atoms with van der Waals surface area (Å²) in [5.41, 5.74) is 2.54. The SMILES string of the molecule is Cc1ccc(C(=O)NCC(c2cccs2)S(=O)(=O)c2ccc(F)cc2)cc1C. The van der Waals surface area contributed by atoms with Gasteiger partial charge in [0, 0.05) is 17.0 Å². The first-order chi connectivity index (χ1) is 13.3. The number of sulfone groups is 1. The Bertz CT molecular complexity index is 1080. The summed E-state index contributed by atoms with van der Waals surface area (Å²) >= 11 is 1.30. The van der Waals surface area contributed by atoms with Crippen LogP contribution in [-0.2, 0) is 9.84 Å². The number of thiophene rings is 1. The van der Waals surface area contributed by atoms with E-state index in [2.05, 4.69) is 5.32 Å². The summed E-state index contributed by atoms with van der Waals surface area (Å²) < 4.78 is 39.4. The van der Waals surface area contributed by atoms with Crippen LogP contribution in [0.25, 0.3) is 0 Å². The molecule has 1 aromatic heterocycles. The summed E-state index contributed by atoms with van der Waals surface area (Å²) in [5.74, 6) is -0.839. The summed E-state index contributed by atoms with van der Waals surface area (Å²) in [6, 6.07) is 13.6. The molecule has 3 rings (SSSR count). The van der Waals surface area contributed by atoms with Gasteiger partial charge in [-0.25, -0.2) is 12.8 Å². The molecule has 0 spiro atoms. The van der Waals surface area contributed by atoms with Gasteiger partial charge >= 0.3 is 0 Å². The zero-order chi connectivity index (χ0) is 20.3. The lowest BCUT2D eigenvalue weighted by Gasteiger charge is -2.18. The molecular formula is C21H20FNO3S2. The molecule has 0 saturated carbocycles. The molecule has 1 N–H and O–H groups in total. The number of benzene rings is 2. The summed E-state index contributed by atoms with van der Waals surface area (Å²) in [6.45, 7) is 3.80. The number of hydrogen-bond acceptors (Lipinski definition) is 4. The van der Waals surface area contributed by atoms with E-state index < -0.39 is 20.9 Å². The lowest BCUT2D eigenvalue weighted by atomic mass is 10.1. The molecule has 0 fully saturated rings. The van der Waals surface area contributed by atoms with Gasteiger partial charge in [0.25, 0.3) is 5.91 Å². The summed E-state index contributed by atoms with van der Waals surface area (Å²) in [5, 5.41) is 3.57. The predicted octanol–water partition coefficient (Wildman–Crippen LogP) is 4.45. The van der Waals surface area contributed by atoms with Crippen molar-refractivity contribution in [2.45, 2.75) is 24.0 Å². The third kappa shape index (κ3) is 4.31. The molecule has 1 unspecified atom stereocenters. The molecule has 1 atom stereocenters. The second kappa shape index (κ2) is 8.24. The molecule has 2 aromatic carbocycles. The van der Waals surface area contributed by atoms with E-state index in [1.165, 1.54) is 23.5 Å². The highest BCUT2D eigenvalue weighted by Crippen LogP contribution is 2.31. The van der Waals surface area contributed by atoms with Gasteiger partial charge in [-0.1, -0.05) is 12.1 Å². The Kier molecular flexibility index (Phi) is 5.96. The maximum absolute atomic E-state index is 13.2. The number of aryl methyl sites for hydroxylation is 2. The van der Waals surface area contributed by atoms with E-state index in [4.69, 9.17) is 0 Å². The Labute approximate surface area is 168 Å². The fraction of sp³-hybridized carbons (Fsp3) is 0.190. The molecule has 1 amide bonds. The maximum atomic E-state index is 13.2. The van der Waals surface area contributed by atoms with Gasteiger partial charge in [-0.2, -0.15) is 0 Å². The number of nitrogens with one attached hydrogen (secondary N) is 1. The Morgan fingerprint density at radius 2 is 1.79 bits per heavy atom. The highest BCUT2D eigenvalue weighted by Gasteiger charge is 2.30. The predicted molar refractivity (Wildman–Crippen MR) is 109 cm³/mol. The first-order valence-electron chi connectivity index (χ1n) is 8.67. The Balaban J connectivity index is 1.86. The topological polar surface area (TPSA) is 63.2 Å². The van der Waals surface area contributed by atoms with Crippen LogP contribution in [0.15, 0.2) is 64.9 Å². The van der Waals surface area contributed by atoms with Crippen LogP contribution >= 0.6 is 11.3 Å². The van der Waals surface area contributed by atoms with Crippen LogP contribution in [-0.4, -0.2) is 20.9 Å². The molecule has 1 heterocycles. The van der Waals surface area contributed by atoms with E-state index in [9.17, 15) is 17.6 Å². The normalized spacial score (nSPS) is 12.5. The molecule has 7 heteroatoms. The zero-order valence-corrected chi connectivity index (χ0v) is 17.1. The fourth-order valence-corrected chi connectivity index (χ4v) is 5.58. The lowest BCUT2D eigenvalue weighted by Crippen LogP contribution is -2.31. The highest BCUT2D eigenvalue weighted by molar-refractivity contribution is 7.91. The average molecular weight is 418 g/mol. The van der Waals surface area contributed by atoms with Crippen molar-refractivity contribution < 1.29 is 17.6 Å². The van der Waals surface area contributed by atoms with Crippen LogP contribution in [0.1, 0.15) is 31.6 Å². The zero-order valence-electron chi connectivity index (χ0n) is 15.5. The van der Waals surface area contributed by atoms with Crippen molar-refractivity contribution in [2.75, 3.05) is 6.54 Å². The second-order valence-corrected chi connectivity index (χ2v) is 9.62.